The van der Waals surface area contributed by atoms with Crippen molar-refractivity contribution in [2.75, 3.05) is 31.2 Å². The molecule has 0 radical (unpaired) electrons. The number of anilines is 1. The SMILES string of the molecule is O=C(NC(CNC(=O)N1CCC2(CC1)C(=O)N(Cc1ccccc1)CN2c1ccccc1)C(=O)O)c1c(F)cccc1F. The van der Waals surface area contributed by atoms with E-state index in [9.17, 15) is 33.1 Å². The quantitative estimate of drug-likeness (QED) is 0.370. The average molecular weight is 592 g/mol. The van der Waals surface area contributed by atoms with Crippen molar-refractivity contribution in [3.8, 4) is 0 Å². The van der Waals surface area contributed by atoms with Crippen LogP contribution in [0.4, 0.5) is 19.3 Å². The molecule has 10 nitrogen and oxygen atoms in total. The van der Waals surface area contributed by atoms with Crippen LogP contribution in [0.2, 0.25) is 0 Å². The molecule has 5 rings (SSSR count). The minimum Gasteiger partial charge on any atom is -0.480 e. The number of hydrogen-bond acceptors (Lipinski definition) is 5. The number of carboxylic acid groups (broad SMARTS) is 1. The molecule has 0 aliphatic carbocycles. The van der Waals surface area contributed by atoms with Crippen LogP contribution in [0.3, 0.4) is 0 Å². The van der Waals surface area contributed by atoms with Crippen LogP contribution in [-0.4, -0.2) is 76.6 Å². The van der Waals surface area contributed by atoms with Gasteiger partial charge < -0.3 is 30.4 Å². The number of piperidine rings is 1. The first-order valence-corrected chi connectivity index (χ1v) is 13.9. The van der Waals surface area contributed by atoms with Gasteiger partial charge >= 0.3 is 12.0 Å². The van der Waals surface area contributed by atoms with Crippen LogP contribution >= 0.6 is 0 Å². The second-order valence-corrected chi connectivity index (χ2v) is 10.6. The van der Waals surface area contributed by atoms with Crippen LogP contribution in [-0.2, 0) is 16.1 Å². The van der Waals surface area contributed by atoms with Crippen LogP contribution in [0.5, 0.6) is 0 Å². The highest BCUT2D eigenvalue weighted by Gasteiger charge is 2.54. The standard InChI is InChI=1S/C31H31F2N5O5/c32-23-12-7-13-24(33)26(23)27(39)35-25(28(40)41)18-34-30(43)36-16-14-31(15-17-36)29(42)37(19-21-8-3-1-4-9-21)20-38(31)22-10-5-2-6-11-22/h1-13,25H,14-20H2,(H,34,43)(H,35,39)(H,40,41). The van der Waals surface area contributed by atoms with Crippen molar-refractivity contribution in [3.05, 3.63) is 102 Å². The first-order valence-electron chi connectivity index (χ1n) is 13.9. The molecule has 4 amide bonds. The van der Waals surface area contributed by atoms with Gasteiger partial charge in [0.25, 0.3) is 5.91 Å². The number of benzene rings is 3. The van der Waals surface area contributed by atoms with E-state index in [1.54, 1.807) is 0 Å². The lowest BCUT2D eigenvalue weighted by Gasteiger charge is -2.43. The van der Waals surface area contributed by atoms with E-state index in [4.69, 9.17) is 0 Å². The molecular formula is C31H31F2N5O5. The third-order valence-electron chi connectivity index (χ3n) is 7.93. The highest BCUT2D eigenvalue weighted by atomic mass is 19.1. The van der Waals surface area contributed by atoms with Gasteiger partial charge in [-0.05, 0) is 42.7 Å². The number of rotatable bonds is 8. The summed E-state index contributed by atoms with van der Waals surface area (Å²) < 4.78 is 28.0. The normalized spacial score (nSPS) is 16.7. The van der Waals surface area contributed by atoms with Crippen LogP contribution in [0, 0.1) is 11.6 Å². The molecule has 1 unspecified atom stereocenters. The molecule has 2 aliphatic rings. The average Bonchev–Trinajstić information content (AvgIpc) is 3.26. The lowest BCUT2D eigenvalue weighted by Crippen LogP contribution is -2.59. The fourth-order valence-corrected chi connectivity index (χ4v) is 5.65. The zero-order valence-corrected chi connectivity index (χ0v) is 23.2. The van der Waals surface area contributed by atoms with Gasteiger partial charge in [-0.15, -0.1) is 0 Å². The predicted octanol–water partition coefficient (Wildman–Crippen LogP) is 3.20. The Bertz CT molecular complexity index is 1480. The first kappa shape index (κ1) is 29.5. The molecule has 1 spiro atoms. The van der Waals surface area contributed by atoms with E-state index < -0.39 is 53.2 Å². The highest BCUT2D eigenvalue weighted by Crippen LogP contribution is 2.40. The molecule has 3 aromatic rings. The molecule has 2 aliphatic heterocycles. The zero-order chi connectivity index (χ0) is 30.6. The lowest BCUT2D eigenvalue weighted by atomic mass is 9.85. The summed E-state index contributed by atoms with van der Waals surface area (Å²) >= 11 is 0. The molecular weight excluding hydrogens is 560 g/mol. The summed E-state index contributed by atoms with van der Waals surface area (Å²) in [6.07, 6.45) is 0.705. The van der Waals surface area contributed by atoms with Crippen molar-refractivity contribution in [1.82, 2.24) is 20.4 Å². The third-order valence-corrected chi connectivity index (χ3v) is 7.93. The number of hydrogen-bond donors (Lipinski definition) is 3. The maximum Gasteiger partial charge on any atom is 0.328 e. The number of para-hydroxylation sites is 1. The Morgan fingerprint density at radius 1 is 0.884 bits per heavy atom. The molecule has 0 saturated carbocycles. The Labute approximate surface area is 246 Å². The Hall–Kier alpha value is -5.00. The topological polar surface area (TPSA) is 122 Å². The fourth-order valence-electron chi connectivity index (χ4n) is 5.65. The van der Waals surface area contributed by atoms with Crippen molar-refractivity contribution < 1.29 is 33.1 Å². The Morgan fingerprint density at radius 2 is 1.49 bits per heavy atom. The summed E-state index contributed by atoms with van der Waals surface area (Å²) in [4.78, 5) is 56.5. The third kappa shape index (κ3) is 6.13. The molecule has 2 heterocycles. The molecule has 3 aromatic carbocycles. The predicted molar refractivity (Wildman–Crippen MR) is 153 cm³/mol. The van der Waals surface area contributed by atoms with Crippen LogP contribution in [0.1, 0.15) is 28.8 Å². The highest BCUT2D eigenvalue weighted by molar-refractivity contribution is 5.97. The smallest absolute Gasteiger partial charge is 0.328 e. The number of carbonyl (C=O) groups excluding carboxylic acids is 3. The van der Waals surface area contributed by atoms with Crippen molar-refractivity contribution >= 4 is 29.5 Å². The molecule has 3 N–H and O–H groups in total. The number of aliphatic carboxylic acids is 1. The van der Waals surface area contributed by atoms with Gasteiger partial charge in [0.15, 0.2) is 0 Å². The van der Waals surface area contributed by atoms with Crippen molar-refractivity contribution in [3.63, 3.8) is 0 Å². The number of carbonyl (C=O) groups is 4. The van der Waals surface area contributed by atoms with E-state index in [0.29, 0.717) is 26.1 Å². The second-order valence-electron chi connectivity index (χ2n) is 10.6. The summed E-state index contributed by atoms with van der Waals surface area (Å²) in [5.41, 5.74) is 0.145. The van der Waals surface area contributed by atoms with E-state index in [1.165, 1.54) is 4.90 Å². The second kappa shape index (κ2) is 12.5. The van der Waals surface area contributed by atoms with Gasteiger partial charge in [-0.2, -0.15) is 0 Å². The summed E-state index contributed by atoms with van der Waals surface area (Å²) in [5, 5.41) is 14.1. The van der Waals surface area contributed by atoms with Gasteiger partial charge in [-0.1, -0.05) is 54.6 Å². The summed E-state index contributed by atoms with van der Waals surface area (Å²) in [6.45, 7) is 0.785. The maximum absolute atomic E-state index is 14.0. The summed E-state index contributed by atoms with van der Waals surface area (Å²) in [6, 6.07) is 20.0. The molecule has 1 atom stereocenters. The van der Waals surface area contributed by atoms with Gasteiger partial charge in [-0.3, -0.25) is 9.59 Å². The maximum atomic E-state index is 14.0. The summed E-state index contributed by atoms with van der Waals surface area (Å²) in [7, 11) is 0. The van der Waals surface area contributed by atoms with E-state index in [0.717, 1.165) is 29.4 Å². The number of carboxylic acids is 1. The molecule has 0 bridgehead atoms. The monoisotopic (exact) mass is 591 g/mol. The Morgan fingerprint density at radius 3 is 2.09 bits per heavy atom. The molecule has 224 valence electrons. The Kier molecular flexibility index (Phi) is 8.56. The van der Waals surface area contributed by atoms with E-state index in [2.05, 4.69) is 15.5 Å². The number of nitrogens with one attached hydrogen (secondary N) is 2. The fraction of sp³-hybridized carbons (Fsp3) is 0.290. The van der Waals surface area contributed by atoms with E-state index in [-0.39, 0.29) is 19.0 Å². The molecule has 12 heteroatoms. The number of halogens is 2. The number of urea groups is 1. The zero-order valence-electron chi connectivity index (χ0n) is 23.2. The van der Waals surface area contributed by atoms with Crippen LogP contribution in [0.25, 0.3) is 0 Å². The number of nitrogens with zero attached hydrogens (tertiary/aromatic N) is 3. The minimum atomic E-state index is -1.64. The van der Waals surface area contributed by atoms with Gasteiger partial charge in [0.1, 0.15) is 28.8 Å². The lowest BCUT2D eigenvalue weighted by molar-refractivity contribution is -0.139. The van der Waals surface area contributed by atoms with Gasteiger partial charge in [0.05, 0.1) is 13.2 Å². The van der Waals surface area contributed by atoms with Gasteiger partial charge in [-0.25, -0.2) is 18.4 Å². The summed E-state index contributed by atoms with van der Waals surface area (Å²) in [5.74, 6) is -5.04. The molecule has 43 heavy (non-hydrogen) atoms. The van der Waals surface area contributed by atoms with E-state index >= 15 is 0 Å². The number of amides is 4. The number of likely N-dealkylation sites (tertiary alicyclic amines) is 1. The van der Waals surface area contributed by atoms with Crippen LogP contribution < -0.4 is 15.5 Å². The molecule has 2 saturated heterocycles. The van der Waals surface area contributed by atoms with Crippen molar-refractivity contribution in [1.29, 1.82) is 0 Å². The van der Waals surface area contributed by atoms with Crippen LogP contribution in [0.15, 0.2) is 78.9 Å². The van der Waals surface area contributed by atoms with Crippen molar-refractivity contribution in [2.45, 2.75) is 31.0 Å². The van der Waals surface area contributed by atoms with Crippen molar-refractivity contribution in [2.24, 2.45) is 0 Å². The minimum absolute atomic E-state index is 0.0192. The Balaban J connectivity index is 1.24. The van der Waals surface area contributed by atoms with E-state index in [1.807, 2.05) is 65.6 Å². The molecule has 2 fully saturated rings. The van der Waals surface area contributed by atoms with Gasteiger partial charge in [0.2, 0.25) is 5.91 Å². The largest absolute Gasteiger partial charge is 0.480 e. The molecule has 0 aromatic heterocycles. The first-order chi connectivity index (χ1) is 20.7. The van der Waals surface area contributed by atoms with Gasteiger partial charge in [0, 0.05) is 25.3 Å².